The average molecular weight is 561 g/mol. The summed E-state index contributed by atoms with van der Waals surface area (Å²) in [6, 6.07) is 10.6. The number of carbonyl (C=O) groups excluding carboxylic acids is 1. The number of alkyl halides is 3. The van der Waals surface area contributed by atoms with Gasteiger partial charge in [-0.05, 0) is 30.3 Å². The fourth-order valence-electron chi connectivity index (χ4n) is 3.44. The van der Waals surface area contributed by atoms with Crippen LogP contribution in [0.15, 0.2) is 54.6 Å². The lowest BCUT2D eigenvalue weighted by atomic mass is 10.1. The molecule has 3 aromatic carbocycles. The number of amides is 1. The topological polar surface area (TPSA) is 84.9 Å². The van der Waals surface area contributed by atoms with E-state index in [1.165, 1.54) is 44.6 Å². The molecular weight excluding hydrogens is 540 g/mol. The molecule has 0 saturated heterocycles. The van der Waals surface area contributed by atoms with Crippen LogP contribution in [0.2, 0.25) is 5.02 Å². The zero-order chi connectivity index (χ0) is 27.5. The Labute approximate surface area is 215 Å². The van der Waals surface area contributed by atoms with Gasteiger partial charge in [-0.25, -0.2) is 12.8 Å². The second-order valence-electron chi connectivity index (χ2n) is 7.73. The average Bonchev–Trinajstić information content (AvgIpc) is 2.82. The Morgan fingerprint density at radius 3 is 2.22 bits per heavy atom. The van der Waals surface area contributed by atoms with Crippen LogP contribution in [0.5, 0.6) is 11.5 Å². The maximum absolute atomic E-state index is 14.4. The molecule has 1 N–H and O–H groups in total. The summed E-state index contributed by atoms with van der Waals surface area (Å²) in [5.41, 5.74) is -1.91. The number of halogens is 5. The van der Waals surface area contributed by atoms with Crippen molar-refractivity contribution >= 4 is 38.9 Å². The molecule has 0 radical (unpaired) electrons. The van der Waals surface area contributed by atoms with E-state index in [1.54, 1.807) is 0 Å². The molecule has 0 bridgehead atoms. The zero-order valence-electron chi connectivity index (χ0n) is 19.7. The molecule has 0 aliphatic rings. The van der Waals surface area contributed by atoms with E-state index in [2.05, 4.69) is 5.32 Å². The van der Waals surface area contributed by atoms with Crippen LogP contribution in [0, 0.1) is 5.82 Å². The van der Waals surface area contributed by atoms with E-state index in [0.717, 1.165) is 28.8 Å². The minimum absolute atomic E-state index is 0.0154. The number of ether oxygens (including phenoxy) is 2. The Balaban J connectivity index is 2.15. The molecule has 3 aromatic rings. The molecule has 1 amide bonds. The van der Waals surface area contributed by atoms with Crippen LogP contribution < -0.4 is 19.1 Å². The number of rotatable bonds is 8. The molecule has 0 unspecified atom stereocenters. The molecule has 0 aliphatic heterocycles. The van der Waals surface area contributed by atoms with E-state index < -0.39 is 45.1 Å². The van der Waals surface area contributed by atoms with Crippen molar-refractivity contribution in [3.8, 4) is 11.5 Å². The summed E-state index contributed by atoms with van der Waals surface area (Å²) in [5.74, 6) is -1.54. The second-order valence-corrected chi connectivity index (χ2v) is 10.0. The summed E-state index contributed by atoms with van der Waals surface area (Å²) in [5, 5.41) is 1.75. The van der Waals surface area contributed by atoms with Gasteiger partial charge in [0.1, 0.15) is 5.82 Å². The van der Waals surface area contributed by atoms with E-state index >= 15 is 0 Å². The number of sulfonamides is 1. The third-order valence-corrected chi connectivity index (χ3v) is 6.67. The van der Waals surface area contributed by atoms with Gasteiger partial charge in [-0.3, -0.25) is 9.10 Å². The van der Waals surface area contributed by atoms with E-state index in [9.17, 15) is 30.8 Å². The minimum atomic E-state index is -4.78. The molecule has 0 atom stereocenters. The SMILES string of the molecule is COc1cc(C(=O)Nc2ccc(Cl)c(C(F)(F)F)c2)c(N(Cc2ccccc2F)S(C)(=O)=O)cc1OC. The molecule has 37 heavy (non-hydrogen) atoms. The molecule has 13 heteroatoms. The zero-order valence-corrected chi connectivity index (χ0v) is 21.3. The monoisotopic (exact) mass is 560 g/mol. The number of carbonyl (C=O) groups is 1. The van der Waals surface area contributed by atoms with Crippen molar-refractivity contribution in [3.63, 3.8) is 0 Å². The van der Waals surface area contributed by atoms with Gasteiger partial charge in [0, 0.05) is 17.3 Å². The lowest BCUT2D eigenvalue weighted by molar-refractivity contribution is -0.137. The summed E-state index contributed by atoms with van der Waals surface area (Å²) in [7, 11) is -1.55. The van der Waals surface area contributed by atoms with Gasteiger partial charge >= 0.3 is 6.18 Å². The Morgan fingerprint density at radius 1 is 1.03 bits per heavy atom. The van der Waals surface area contributed by atoms with Crippen LogP contribution in [0.4, 0.5) is 28.9 Å². The van der Waals surface area contributed by atoms with Crippen LogP contribution in [-0.4, -0.2) is 34.8 Å². The Kier molecular flexibility index (Phi) is 8.23. The normalized spacial score (nSPS) is 11.7. The van der Waals surface area contributed by atoms with Gasteiger partial charge in [-0.1, -0.05) is 29.8 Å². The number of anilines is 2. The van der Waals surface area contributed by atoms with Gasteiger partial charge < -0.3 is 14.8 Å². The number of hydrogen-bond acceptors (Lipinski definition) is 5. The van der Waals surface area contributed by atoms with Crippen molar-refractivity contribution in [2.75, 3.05) is 30.1 Å². The standard InChI is InChI=1S/C24H21ClF4N2O5S/c1-35-21-11-16(23(32)30-15-8-9-18(25)17(10-15)24(27,28)29)20(12-22(21)36-2)31(37(3,33)34)13-14-6-4-5-7-19(14)26/h4-12H,13H2,1-3H3,(H,30,32). The molecule has 0 spiro atoms. The smallest absolute Gasteiger partial charge is 0.417 e. The van der Waals surface area contributed by atoms with Crippen LogP contribution >= 0.6 is 11.6 Å². The van der Waals surface area contributed by atoms with Crippen LogP contribution in [0.1, 0.15) is 21.5 Å². The van der Waals surface area contributed by atoms with Crippen molar-refractivity contribution in [1.82, 2.24) is 0 Å². The molecule has 3 rings (SSSR count). The van der Waals surface area contributed by atoms with Crippen molar-refractivity contribution in [2.45, 2.75) is 12.7 Å². The highest BCUT2D eigenvalue weighted by atomic mass is 35.5. The Bertz CT molecular complexity index is 1430. The highest BCUT2D eigenvalue weighted by Crippen LogP contribution is 2.39. The van der Waals surface area contributed by atoms with E-state index in [4.69, 9.17) is 21.1 Å². The highest BCUT2D eigenvalue weighted by Gasteiger charge is 2.34. The number of hydrogen-bond donors (Lipinski definition) is 1. The maximum atomic E-state index is 14.4. The number of nitrogens with one attached hydrogen (secondary N) is 1. The number of methoxy groups -OCH3 is 2. The van der Waals surface area contributed by atoms with Gasteiger partial charge in [0.2, 0.25) is 10.0 Å². The fourth-order valence-corrected chi connectivity index (χ4v) is 4.54. The first-order valence-electron chi connectivity index (χ1n) is 10.4. The minimum Gasteiger partial charge on any atom is -0.493 e. The van der Waals surface area contributed by atoms with Crippen molar-refractivity contribution in [3.05, 3.63) is 82.1 Å². The molecule has 0 fully saturated rings. The Hall–Kier alpha value is -3.51. The number of benzene rings is 3. The molecule has 7 nitrogen and oxygen atoms in total. The Morgan fingerprint density at radius 2 is 1.65 bits per heavy atom. The molecule has 198 valence electrons. The van der Waals surface area contributed by atoms with Crippen LogP contribution in [0.25, 0.3) is 0 Å². The van der Waals surface area contributed by atoms with E-state index in [0.29, 0.717) is 6.07 Å². The molecule has 0 aliphatic carbocycles. The van der Waals surface area contributed by atoms with Crippen LogP contribution in [0.3, 0.4) is 0 Å². The predicted molar refractivity (Wildman–Crippen MR) is 131 cm³/mol. The van der Waals surface area contributed by atoms with Gasteiger partial charge in [0.15, 0.2) is 11.5 Å². The van der Waals surface area contributed by atoms with Gasteiger partial charge in [-0.15, -0.1) is 0 Å². The quantitative estimate of drug-likeness (QED) is 0.356. The third-order valence-electron chi connectivity index (χ3n) is 5.22. The molecule has 0 saturated carbocycles. The van der Waals surface area contributed by atoms with E-state index in [1.807, 2.05) is 0 Å². The summed E-state index contributed by atoms with van der Waals surface area (Å²) >= 11 is 5.65. The lowest BCUT2D eigenvalue weighted by Gasteiger charge is -2.26. The molecule has 0 heterocycles. The highest BCUT2D eigenvalue weighted by molar-refractivity contribution is 7.92. The number of nitrogens with zero attached hydrogens (tertiary/aromatic N) is 1. The van der Waals surface area contributed by atoms with Crippen molar-refractivity contribution in [1.29, 1.82) is 0 Å². The summed E-state index contributed by atoms with van der Waals surface area (Å²) < 4.78 is 91.0. The van der Waals surface area contributed by atoms with Crippen molar-refractivity contribution in [2.24, 2.45) is 0 Å². The second kappa shape index (κ2) is 10.9. The first-order chi connectivity index (χ1) is 17.3. The van der Waals surface area contributed by atoms with Gasteiger partial charge in [0.05, 0.1) is 48.9 Å². The van der Waals surface area contributed by atoms with Gasteiger partial charge in [0.25, 0.3) is 5.91 Å². The molecule has 0 aromatic heterocycles. The first-order valence-corrected chi connectivity index (χ1v) is 12.6. The lowest BCUT2D eigenvalue weighted by Crippen LogP contribution is -2.32. The van der Waals surface area contributed by atoms with Crippen LogP contribution in [-0.2, 0) is 22.7 Å². The van der Waals surface area contributed by atoms with Crippen molar-refractivity contribution < 1.29 is 40.2 Å². The first kappa shape index (κ1) is 28.1. The summed E-state index contributed by atoms with van der Waals surface area (Å²) in [6.45, 7) is -0.486. The predicted octanol–water partition coefficient (Wildman–Crippen LogP) is 5.73. The van der Waals surface area contributed by atoms with Gasteiger partial charge in [-0.2, -0.15) is 13.2 Å². The summed E-state index contributed by atoms with van der Waals surface area (Å²) in [4.78, 5) is 13.3. The third kappa shape index (κ3) is 6.44. The maximum Gasteiger partial charge on any atom is 0.417 e. The molecular formula is C24H21ClF4N2O5S. The van der Waals surface area contributed by atoms with E-state index in [-0.39, 0.29) is 34.0 Å². The fraction of sp³-hybridized carbons (Fsp3) is 0.208. The largest absolute Gasteiger partial charge is 0.493 e. The summed E-state index contributed by atoms with van der Waals surface area (Å²) in [6.07, 6.45) is -3.92.